The number of fused-ring (bicyclic) bond motifs is 2. The van der Waals surface area contributed by atoms with Crippen molar-refractivity contribution in [3.05, 3.63) is 81.9 Å². The van der Waals surface area contributed by atoms with E-state index in [0.29, 0.717) is 18.1 Å². The van der Waals surface area contributed by atoms with E-state index in [1.54, 1.807) is 11.0 Å². The van der Waals surface area contributed by atoms with Gasteiger partial charge in [0, 0.05) is 29.7 Å². The molecule has 0 radical (unpaired) electrons. The average molecular weight is 428 g/mol. The van der Waals surface area contributed by atoms with Gasteiger partial charge in [-0.3, -0.25) is 4.79 Å². The van der Waals surface area contributed by atoms with Crippen molar-refractivity contribution >= 4 is 28.9 Å². The minimum absolute atomic E-state index is 0.127. The first-order valence-electron chi connectivity index (χ1n) is 10.7. The molecule has 0 unspecified atom stereocenters. The van der Waals surface area contributed by atoms with Crippen LogP contribution in [0.3, 0.4) is 0 Å². The maximum absolute atomic E-state index is 13.2. The Kier molecular flexibility index (Phi) is 4.97. The fraction of sp³-hybridized carbons (Fsp3) is 0.250. The standard InChI is InChI=1S/C24H24N6O2/c1-16-8-3-5-11-19(16)26-23-25-17(2)14-21-27-29(24(32)30(21)23)15-22(31)28-13-7-10-18-9-4-6-12-20(18)28/h3-6,8-9,11-12,14H,7,10,13,15H2,1-2H3,(H,25,26). The zero-order valence-corrected chi connectivity index (χ0v) is 18.1. The summed E-state index contributed by atoms with van der Waals surface area (Å²) in [7, 11) is 0. The van der Waals surface area contributed by atoms with Gasteiger partial charge in [0.1, 0.15) is 6.54 Å². The number of aryl methyl sites for hydroxylation is 3. The van der Waals surface area contributed by atoms with E-state index >= 15 is 0 Å². The van der Waals surface area contributed by atoms with E-state index in [9.17, 15) is 9.59 Å². The molecule has 4 aromatic rings. The van der Waals surface area contributed by atoms with Crippen LogP contribution in [0.2, 0.25) is 0 Å². The molecule has 162 valence electrons. The Hall–Kier alpha value is -3.94. The van der Waals surface area contributed by atoms with Crippen LogP contribution in [0.25, 0.3) is 5.65 Å². The second kappa shape index (κ2) is 7.96. The number of anilines is 3. The Morgan fingerprint density at radius 1 is 1.09 bits per heavy atom. The molecule has 32 heavy (non-hydrogen) atoms. The van der Waals surface area contributed by atoms with E-state index in [1.807, 2.05) is 62.4 Å². The summed E-state index contributed by atoms with van der Waals surface area (Å²) in [5.41, 5.74) is 4.73. The maximum atomic E-state index is 13.2. The van der Waals surface area contributed by atoms with Crippen molar-refractivity contribution in [2.24, 2.45) is 0 Å². The third kappa shape index (κ3) is 3.53. The summed E-state index contributed by atoms with van der Waals surface area (Å²) < 4.78 is 2.63. The monoisotopic (exact) mass is 428 g/mol. The van der Waals surface area contributed by atoms with Crippen LogP contribution < -0.4 is 15.9 Å². The molecule has 5 rings (SSSR count). The summed E-state index contributed by atoms with van der Waals surface area (Å²) in [6.07, 6.45) is 1.85. The van der Waals surface area contributed by atoms with Crippen molar-refractivity contribution in [1.82, 2.24) is 19.2 Å². The van der Waals surface area contributed by atoms with Crippen molar-refractivity contribution in [2.45, 2.75) is 33.2 Å². The van der Waals surface area contributed by atoms with Gasteiger partial charge in [0.2, 0.25) is 11.9 Å². The van der Waals surface area contributed by atoms with Crippen LogP contribution in [0.15, 0.2) is 59.4 Å². The van der Waals surface area contributed by atoms with Crippen molar-refractivity contribution in [3.8, 4) is 0 Å². The second-order valence-corrected chi connectivity index (χ2v) is 8.07. The minimum atomic E-state index is -0.401. The number of hydrogen-bond donors (Lipinski definition) is 1. The molecule has 2 aromatic heterocycles. The number of carbonyl (C=O) groups is 1. The highest BCUT2D eigenvalue weighted by molar-refractivity contribution is 5.94. The molecule has 1 aliphatic heterocycles. The van der Waals surface area contributed by atoms with Crippen LogP contribution in [0.4, 0.5) is 17.3 Å². The summed E-state index contributed by atoms with van der Waals surface area (Å²) >= 11 is 0. The number of aromatic nitrogens is 4. The lowest BCUT2D eigenvalue weighted by molar-refractivity contribution is -0.119. The summed E-state index contributed by atoms with van der Waals surface area (Å²) in [5, 5.41) is 7.67. The normalized spacial score (nSPS) is 13.2. The third-order valence-corrected chi connectivity index (χ3v) is 5.78. The molecule has 8 heteroatoms. The summed E-state index contributed by atoms with van der Waals surface area (Å²) in [5.74, 6) is 0.224. The van der Waals surface area contributed by atoms with E-state index in [-0.39, 0.29) is 12.5 Å². The smallest absolute Gasteiger partial charge is 0.325 e. The number of nitrogens with one attached hydrogen (secondary N) is 1. The lowest BCUT2D eigenvalue weighted by atomic mass is 10.0. The highest BCUT2D eigenvalue weighted by atomic mass is 16.2. The molecule has 0 aliphatic carbocycles. The van der Waals surface area contributed by atoms with Gasteiger partial charge >= 0.3 is 5.69 Å². The van der Waals surface area contributed by atoms with Gasteiger partial charge in [0.25, 0.3) is 0 Å². The largest absolute Gasteiger partial charge is 0.353 e. The number of nitrogens with zero attached hydrogens (tertiary/aromatic N) is 5. The summed E-state index contributed by atoms with van der Waals surface area (Å²) in [6, 6.07) is 17.4. The van der Waals surface area contributed by atoms with Crippen molar-refractivity contribution in [1.29, 1.82) is 0 Å². The number of rotatable bonds is 4. The first-order chi connectivity index (χ1) is 15.5. The van der Waals surface area contributed by atoms with Crippen molar-refractivity contribution in [3.63, 3.8) is 0 Å². The Labute approximate surface area is 185 Å². The number of hydrogen-bond acceptors (Lipinski definition) is 5. The van der Waals surface area contributed by atoms with Gasteiger partial charge in [0.15, 0.2) is 5.65 Å². The molecule has 0 saturated heterocycles. The zero-order valence-electron chi connectivity index (χ0n) is 18.1. The fourth-order valence-electron chi connectivity index (χ4n) is 4.18. The summed E-state index contributed by atoms with van der Waals surface area (Å²) in [6.45, 7) is 4.34. The molecule has 0 fully saturated rings. The van der Waals surface area contributed by atoms with Crippen LogP contribution in [-0.4, -0.2) is 31.6 Å². The average Bonchev–Trinajstić information content (AvgIpc) is 3.09. The van der Waals surface area contributed by atoms with E-state index in [4.69, 9.17) is 0 Å². The van der Waals surface area contributed by atoms with Crippen LogP contribution in [-0.2, 0) is 17.8 Å². The van der Waals surface area contributed by atoms with Gasteiger partial charge in [-0.2, -0.15) is 0 Å². The van der Waals surface area contributed by atoms with Crippen LogP contribution in [0.5, 0.6) is 0 Å². The zero-order chi connectivity index (χ0) is 22.2. The molecule has 1 amide bonds. The van der Waals surface area contributed by atoms with Crippen LogP contribution in [0.1, 0.15) is 23.2 Å². The fourth-order valence-corrected chi connectivity index (χ4v) is 4.18. The molecular formula is C24H24N6O2. The molecule has 0 atom stereocenters. The molecule has 3 heterocycles. The van der Waals surface area contributed by atoms with Gasteiger partial charge in [-0.25, -0.2) is 18.9 Å². The molecule has 1 aliphatic rings. The predicted molar refractivity (Wildman–Crippen MR) is 124 cm³/mol. The Morgan fingerprint density at radius 3 is 2.72 bits per heavy atom. The minimum Gasteiger partial charge on any atom is -0.325 e. The lowest BCUT2D eigenvalue weighted by Gasteiger charge is -2.29. The first-order valence-corrected chi connectivity index (χ1v) is 10.7. The molecule has 1 N–H and O–H groups in total. The maximum Gasteiger partial charge on any atom is 0.353 e. The molecule has 0 saturated carbocycles. The van der Waals surface area contributed by atoms with Crippen LogP contribution >= 0.6 is 0 Å². The SMILES string of the molecule is Cc1cc2nn(CC(=O)N3CCCc4ccccc43)c(=O)n2c(Nc2ccccc2C)n1. The first kappa shape index (κ1) is 20.0. The molecule has 0 spiro atoms. The number of amides is 1. The van der Waals surface area contributed by atoms with Gasteiger partial charge in [-0.05, 0) is 49.9 Å². The van der Waals surface area contributed by atoms with Gasteiger partial charge in [-0.1, -0.05) is 36.4 Å². The molecule has 2 aromatic carbocycles. The predicted octanol–water partition coefficient (Wildman–Crippen LogP) is 3.23. The highest BCUT2D eigenvalue weighted by Gasteiger charge is 2.24. The van der Waals surface area contributed by atoms with E-state index in [0.717, 1.165) is 41.0 Å². The number of para-hydroxylation sites is 2. The van der Waals surface area contributed by atoms with Gasteiger partial charge in [0.05, 0.1) is 0 Å². The van der Waals surface area contributed by atoms with Crippen molar-refractivity contribution < 1.29 is 4.79 Å². The van der Waals surface area contributed by atoms with Crippen LogP contribution in [0, 0.1) is 13.8 Å². The summed E-state index contributed by atoms with van der Waals surface area (Å²) in [4.78, 5) is 32.6. The third-order valence-electron chi connectivity index (χ3n) is 5.78. The number of benzene rings is 2. The lowest BCUT2D eigenvalue weighted by Crippen LogP contribution is -2.39. The van der Waals surface area contributed by atoms with E-state index in [2.05, 4.69) is 15.4 Å². The molecule has 8 nitrogen and oxygen atoms in total. The Morgan fingerprint density at radius 2 is 1.88 bits per heavy atom. The van der Waals surface area contributed by atoms with E-state index < -0.39 is 5.69 Å². The second-order valence-electron chi connectivity index (χ2n) is 8.07. The Bertz CT molecular complexity index is 1390. The number of carbonyl (C=O) groups excluding carboxylic acids is 1. The van der Waals surface area contributed by atoms with Gasteiger partial charge in [-0.15, -0.1) is 5.10 Å². The highest BCUT2D eigenvalue weighted by Crippen LogP contribution is 2.27. The van der Waals surface area contributed by atoms with Crippen molar-refractivity contribution in [2.75, 3.05) is 16.8 Å². The molecular weight excluding hydrogens is 404 g/mol. The quantitative estimate of drug-likeness (QED) is 0.540. The topological polar surface area (TPSA) is 84.5 Å². The molecule has 0 bridgehead atoms. The van der Waals surface area contributed by atoms with Gasteiger partial charge < -0.3 is 10.2 Å². The van der Waals surface area contributed by atoms with E-state index in [1.165, 1.54) is 9.08 Å². The Balaban J connectivity index is 1.50.